The van der Waals surface area contributed by atoms with Gasteiger partial charge in [-0.25, -0.2) is 0 Å². The molecule has 0 aliphatic heterocycles. The number of thioether (sulfide) groups is 1. The first-order valence-corrected chi connectivity index (χ1v) is 12.3. The minimum Gasteiger partial charge on any atom is -0.352 e. The van der Waals surface area contributed by atoms with Crippen molar-refractivity contribution in [3.05, 3.63) is 63.1 Å². The number of carbonyl (C=O) groups excluding carboxylic acids is 2. The number of carbonyl (C=O) groups is 2. The SMILES string of the molecule is CC[C@H](C(=O)N[C@@H](C)CC)N(Cc1ccc(Cl)cc1Cl)C(=O)CSc1ccc(Cl)cc1. The number of rotatable bonds is 10. The lowest BCUT2D eigenvalue weighted by Crippen LogP contribution is -2.51. The van der Waals surface area contributed by atoms with E-state index >= 15 is 0 Å². The molecule has 4 nitrogen and oxygen atoms in total. The molecule has 168 valence electrons. The third-order valence-corrected chi connectivity index (χ3v) is 6.75. The Morgan fingerprint density at radius 1 is 1.00 bits per heavy atom. The van der Waals surface area contributed by atoms with Crippen LogP contribution in [0.3, 0.4) is 0 Å². The number of benzene rings is 2. The van der Waals surface area contributed by atoms with Crippen LogP contribution in [0, 0.1) is 0 Å². The predicted octanol–water partition coefficient (Wildman–Crippen LogP) is 6.46. The van der Waals surface area contributed by atoms with Crippen LogP contribution in [0.4, 0.5) is 0 Å². The zero-order valence-corrected chi connectivity index (χ0v) is 20.9. The van der Waals surface area contributed by atoms with Crippen LogP contribution >= 0.6 is 46.6 Å². The van der Waals surface area contributed by atoms with Crippen LogP contribution in [0.2, 0.25) is 15.1 Å². The number of hydrogen-bond donors (Lipinski definition) is 1. The molecule has 0 saturated heterocycles. The van der Waals surface area contributed by atoms with E-state index in [2.05, 4.69) is 5.32 Å². The van der Waals surface area contributed by atoms with Crippen LogP contribution < -0.4 is 5.32 Å². The first kappa shape index (κ1) is 25.9. The molecular weight excluding hydrogens is 475 g/mol. The van der Waals surface area contributed by atoms with Crippen molar-refractivity contribution in [1.82, 2.24) is 10.2 Å². The molecule has 31 heavy (non-hydrogen) atoms. The fraction of sp³-hybridized carbons (Fsp3) is 0.391. The van der Waals surface area contributed by atoms with E-state index in [4.69, 9.17) is 34.8 Å². The van der Waals surface area contributed by atoms with E-state index < -0.39 is 6.04 Å². The van der Waals surface area contributed by atoms with Gasteiger partial charge in [-0.2, -0.15) is 0 Å². The van der Waals surface area contributed by atoms with Gasteiger partial charge in [-0.1, -0.05) is 54.7 Å². The Hall–Kier alpha value is -1.40. The average molecular weight is 502 g/mol. The fourth-order valence-corrected chi connectivity index (χ4v) is 4.33. The number of nitrogens with zero attached hydrogens (tertiary/aromatic N) is 1. The van der Waals surface area contributed by atoms with Gasteiger partial charge in [-0.3, -0.25) is 9.59 Å². The van der Waals surface area contributed by atoms with Crippen molar-refractivity contribution >= 4 is 58.4 Å². The Morgan fingerprint density at radius 3 is 2.23 bits per heavy atom. The van der Waals surface area contributed by atoms with Crippen LogP contribution in [0.1, 0.15) is 39.2 Å². The van der Waals surface area contributed by atoms with Gasteiger partial charge in [-0.15, -0.1) is 11.8 Å². The lowest BCUT2D eigenvalue weighted by atomic mass is 10.1. The lowest BCUT2D eigenvalue weighted by Gasteiger charge is -2.31. The molecule has 0 aliphatic carbocycles. The predicted molar refractivity (Wildman–Crippen MR) is 131 cm³/mol. The lowest BCUT2D eigenvalue weighted by molar-refractivity contribution is -0.139. The first-order valence-electron chi connectivity index (χ1n) is 10.2. The quantitative estimate of drug-likeness (QED) is 0.380. The number of hydrogen-bond acceptors (Lipinski definition) is 3. The maximum atomic E-state index is 13.3. The van der Waals surface area contributed by atoms with Crippen LogP contribution in [-0.4, -0.2) is 34.6 Å². The maximum Gasteiger partial charge on any atom is 0.243 e. The second kappa shape index (κ2) is 12.6. The van der Waals surface area contributed by atoms with Gasteiger partial charge in [0.05, 0.1) is 5.75 Å². The summed E-state index contributed by atoms with van der Waals surface area (Å²) < 4.78 is 0. The number of halogens is 3. The molecule has 2 atom stereocenters. The standard InChI is InChI=1S/C23H27Cl3N2O2S/c1-4-15(3)27-23(30)21(5-2)28(13-16-6-7-18(25)12-20(16)26)22(29)14-31-19-10-8-17(24)9-11-19/h6-12,15,21H,4-5,13-14H2,1-3H3,(H,27,30)/t15-,21+/m0/s1. The van der Waals surface area contributed by atoms with E-state index in [1.165, 1.54) is 11.8 Å². The summed E-state index contributed by atoms with van der Waals surface area (Å²) in [7, 11) is 0. The summed E-state index contributed by atoms with van der Waals surface area (Å²) in [6.07, 6.45) is 1.30. The minimum atomic E-state index is -0.598. The fourth-order valence-electron chi connectivity index (χ4n) is 2.95. The summed E-state index contributed by atoms with van der Waals surface area (Å²) in [5.74, 6) is -0.108. The molecule has 8 heteroatoms. The number of nitrogens with one attached hydrogen (secondary N) is 1. The second-order valence-electron chi connectivity index (χ2n) is 7.24. The highest BCUT2D eigenvalue weighted by Gasteiger charge is 2.29. The van der Waals surface area contributed by atoms with E-state index in [0.29, 0.717) is 21.5 Å². The van der Waals surface area contributed by atoms with Crippen molar-refractivity contribution in [2.45, 2.75) is 57.1 Å². The van der Waals surface area contributed by atoms with E-state index in [0.717, 1.165) is 16.9 Å². The Morgan fingerprint density at radius 2 is 1.65 bits per heavy atom. The highest BCUT2D eigenvalue weighted by atomic mass is 35.5. The van der Waals surface area contributed by atoms with Crippen LogP contribution in [-0.2, 0) is 16.1 Å². The molecule has 0 unspecified atom stereocenters. The van der Waals surface area contributed by atoms with Crippen LogP contribution in [0.25, 0.3) is 0 Å². The molecule has 0 radical (unpaired) electrons. The van der Waals surface area contributed by atoms with E-state index in [-0.39, 0.29) is 30.2 Å². The average Bonchev–Trinajstić information content (AvgIpc) is 2.74. The van der Waals surface area contributed by atoms with Crippen molar-refractivity contribution < 1.29 is 9.59 Å². The third kappa shape index (κ3) is 7.90. The van der Waals surface area contributed by atoms with Gasteiger partial charge >= 0.3 is 0 Å². The monoisotopic (exact) mass is 500 g/mol. The zero-order chi connectivity index (χ0) is 23.0. The summed E-state index contributed by atoms with van der Waals surface area (Å²) in [6.45, 7) is 6.08. The molecule has 0 fully saturated rings. The second-order valence-corrected chi connectivity index (χ2v) is 9.57. The smallest absolute Gasteiger partial charge is 0.243 e. The van der Waals surface area contributed by atoms with Gasteiger partial charge in [-0.05, 0) is 61.7 Å². The molecule has 0 aromatic heterocycles. The normalized spacial score (nSPS) is 12.8. The van der Waals surface area contributed by atoms with Gasteiger partial charge in [0.15, 0.2) is 0 Å². The van der Waals surface area contributed by atoms with E-state index in [1.54, 1.807) is 35.2 Å². The zero-order valence-electron chi connectivity index (χ0n) is 17.8. The molecule has 0 heterocycles. The largest absolute Gasteiger partial charge is 0.352 e. The number of amides is 2. The van der Waals surface area contributed by atoms with E-state index in [1.807, 2.05) is 32.9 Å². The molecule has 2 amide bonds. The van der Waals surface area contributed by atoms with Crippen molar-refractivity contribution in [3.8, 4) is 0 Å². The van der Waals surface area contributed by atoms with Crippen molar-refractivity contribution in [1.29, 1.82) is 0 Å². The molecular formula is C23H27Cl3N2O2S. The summed E-state index contributed by atoms with van der Waals surface area (Å²) >= 11 is 19.7. The summed E-state index contributed by atoms with van der Waals surface area (Å²) in [5.41, 5.74) is 0.741. The summed E-state index contributed by atoms with van der Waals surface area (Å²) in [6, 6.07) is 11.9. The molecule has 2 rings (SSSR count). The molecule has 0 aliphatic rings. The van der Waals surface area contributed by atoms with Gasteiger partial charge in [0, 0.05) is 32.5 Å². The molecule has 0 spiro atoms. The summed E-state index contributed by atoms with van der Waals surface area (Å²) in [4.78, 5) is 28.7. The highest BCUT2D eigenvalue weighted by molar-refractivity contribution is 8.00. The van der Waals surface area contributed by atoms with Gasteiger partial charge < -0.3 is 10.2 Å². The summed E-state index contributed by atoms with van der Waals surface area (Å²) in [5, 5.41) is 4.62. The van der Waals surface area contributed by atoms with Crippen molar-refractivity contribution in [2.24, 2.45) is 0 Å². The Balaban J connectivity index is 2.24. The topological polar surface area (TPSA) is 49.4 Å². The van der Waals surface area contributed by atoms with Gasteiger partial charge in [0.1, 0.15) is 6.04 Å². The Bertz CT molecular complexity index is 893. The van der Waals surface area contributed by atoms with Crippen LogP contribution in [0.15, 0.2) is 47.4 Å². The molecule has 0 bridgehead atoms. The Labute approximate surface area is 203 Å². The molecule has 1 N–H and O–H groups in total. The molecule has 0 saturated carbocycles. The highest BCUT2D eigenvalue weighted by Crippen LogP contribution is 2.26. The van der Waals surface area contributed by atoms with Crippen molar-refractivity contribution in [3.63, 3.8) is 0 Å². The molecule has 2 aromatic rings. The first-order chi connectivity index (χ1) is 14.7. The van der Waals surface area contributed by atoms with Gasteiger partial charge in [0.25, 0.3) is 0 Å². The van der Waals surface area contributed by atoms with Gasteiger partial charge in [0.2, 0.25) is 11.8 Å². The molecule has 2 aromatic carbocycles. The minimum absolute atomic E-state index is 0.0288. The Kier molecular flexibility index (Phi) is 10.5. The third-order valence-electron chi connectivity index (χ3n) is 4.92. The van der Waals surface area contributed by atoms with Crippen molar-refractivity contribution in [2.75, 3.05) is 5.75 Å². The maximum absolute atomic E-state index is 13.3. The van der Waals surface area contributed by atoms with E-state index in [9.17, 15) is 9.59 Å². The van der Waals surface area contributed by atoms with Crippen LogP contribution in [0.5, 0.6) is 0 Å².